The van der Waals surface area contributed by atoms with Crippen LogP contribution in [0.5, 0.6) is 0 Å². The molecule has 1 aromatic carbocycles. The molecule has 1 N–H and O–H groups in total. The monoisotopic (exact) mass is 396 g/mol. The zero-order chi connectivity index (χ0) is 19.9. The van der Waals surface area contributed by atoms with E-state index in [9.17, 15) is 9.59 Å². The van der Waals surface area contributed by atoms with Crippen molar-refractivity contribution in [3.05, 3.63) is 70.0 Å². The van der Waals surface area contributed by atoms with Crippen LogP contribution >= 0.6 is 11.3 Å². The molecule has 2 aromatic heterocycles. The highest BCUT2D eigenvalue weighted by Crippen LogP contribution is 2.27. The lowest BCUT2D eigenvalue weighted by atomic mass is 10.1. The predicted molar refractivity (Wildman–Crippen MR) is 111 cm³/mol. The molecule has 2 heterocycles. The number of rotatable bonds is 8. The van der Waals surface area contributed by atoms with Crippen molar-refractivity contribution in [1.29, 1.82) is 0 Å². The van der Waals surface area contributed by atoms with Gasteiger partial charge < -0.3 is 14.6 Å². The highest BCUT2D eigenvalue weighted by Gasteiger charge is 2.19. The quantitative estimate of drug-likeness (QED) is 0.574. The molecule has 0 aliphatic carbocycles. The van der Waals surface area contributed by atoms with Crippen molar-refractivity contribution in [2.75, 3.05) is 6.61 Å². The van der Waals surface area contributed by atoms with Gasteiger partial charge in [0.2, 0.25) is 5.91 Å². The van der Waals surface area contributed by atoms with Crippen molar-refractivity contribution < 1.29 is 14.3 Å². The van der Waals surface area contributed by atoms with Crippen LogP contribution in [0.1, 0.15) is 34.3 Å². The summed E-state index contributed by atoms with van der Waals surface area (Å²) in [5.74, 6) is -0.351. The molecule has 146 valence electrons. The van der Waals surface area contributed by atoms with Crippen molar-refractivity contribution in [1.82, 2.24) is 9.88 Å². The molecular weight excluding hydrogens is 372 g/mol. The van der Waals surface area contributed by atoms with E-state index in [4.69, 9.17) is 4.74 Å². The summed E-state index contributed by atoms with van der Waals surface area (Å²) in [6.07, 6.45) is 0.336. The molecular formula is C22H24N2O3S. The number of aromatic nitrogens is 1. The summed E-state index contributed by atoms with van der Waals surface area (Å²) in [6, 6.07) is 15.7. The summed E-state index contributed by atoms with van der Waals surface area (Å²) >= 11 is 1.62. The topological polar surface area (TPSA) is 60.3 Å². The van der Waals surface area contributed by atoms with Crippen molar-refractivity contribution >= 4 is 23.2 Å². The van der Waals surface area contributed by atoms with Gasteiger partial charge in [0.05, 0.1) is 18.7 Å². The van der Waals surface area contributed by atoms with Gasteiger partial charge in [-0.25, -0.2) is 4.79 Å². The van der Waals surface area contributed by atoms with Crippen LogP contribution in [0.4, 0.5) is 0 Å². The van der Waals surface area contributed by atoms with Crippen molar-refractivity contribution in [3.8, 4) is 11.3 Å². The first-order chi connectivity index (χ1) is 13.6. The zero-order valence-electron chi connectivity index (χ0n) is 16.1. The minimum Gasteiger partial charge on any atom is -0.462 e. The number of benzene rings is 1. The molecule has 0 spiro atoms. The van der Waals surface area contributed by atoms with E-state index in [0.717, 1.165) is 21.8 Å². The molecule has 0 aliphatic heterocycles. The first-order valence-corrected chi connectivity index (χ1v) is 10.2. The molecule has 0 radical (unpaired) electrons. The zero-order valence-corrected chi connectivity index (χ0v) is 16.9. The van der Waals surface area contributed by atoms with Crippen LogP contribution < -0.4 is 5.32 Å². The number of thiophene rings is 1. The fourth-order valence-corrected chi connectivity index (χ4v) is 3.74. The van der Waals surface area contributed by atoms with Gasteiger partial charge in [-0.1, -0.05) is 36.4 Å². The third-order valence-corrected chi connectivity index (χ3v) is 5.41. The van der Waals surface area contributed by atoms with Gasteiger partial charge in [-0.15, -0.1) is 11.3 Å². The summed E-state index contributed by atoms with van der Waals surface area (Å²) < 4.78 is 7.21. The number of hydrogen-bond acceptors (Lipinski definition) is 4. The van der Waals surface area contributed by atoms with Gasteiger partial charge in [-0.2, -0.15) is 0 Å². The summed E-state index contributed by atoms with van der Waals surface area (Å²) in [5.41, 5.74) is 3.26. The molecule has 0 saturated heterocycles. The maximum absolute atomic E-state index is 12.3. The molecule has 0 saturated carbocycles. The molecule has 6 heteroatoms. The molecule has 0 aliphatic rings. The Labute approximate surface area is 169 Å². The van der Waals surface area contributed by atoms with Crippen LogP contribution in [0.3, 0.4) is 0 Å². The van der Waals surface area contributed by atoms with Crippen molar-refractivity contribution in [2.24, 2.45) is 0 Å². The Morgan fingerprint density at radius 3 is 2.61 bits per heavy atom. The van der Waals surface area contributed by atoms with Crippen LogP contribution in [-0.4, -0.2) is 23.1 Å². The number of carbonyl (C=O) groups is 2. The van der Waals surface area contributed by atoms with E-state index in [1.165, 1.54) is 0 Å². The van der Waals surface area contributed by atoms with E-state index in [2.05, 4.69) is 5.32 Å². The van der Waals surface area contributed by atoms with E-state index in [0.29, 0.717) is 31.7 Å². The fourth-order valence-electron chi connectivity index (χ4n) is 3.10. The highest BCUT2D eigenvalue weighted by molar-refractivity contribution is 7.09. The molecule has 3 aromatic rings. The third-order valence-electron chi connectivity index (χ3n) is 4.53. The number of amides is 1. The second-order valence-corrected chi connectivity index (χ2v) is 7.41. The van der Waals surface area contributed by atoms with E-state index < -0.39 is 0 Å². The maximum atomic E-state index is 12.3. The Balaban J connectivity index is 1.78. The van der Waals surface area contributed by atoms with Gasteiger partial charge in [0.25, 0.3) is 0 Å². The number of ether oxygens (including phenoxy) is 1. The second-order valence-electron chi connectivity index (χ2n) is 6.37. The Morgan fingerprint density at radius 2 is 1.93 bits per heavy atom. The first-order valence-electron chi connectivity index (χ1n) is 9.32. The molecule has 0 unspecified atom stereocenters. The Morgan fingerprint density at radius 1 is 1.14 bits per heavy atom. The molecule has 0 fully saturated rings. The van der Waals surface area contributed by atoms with E-state index >= 15 is 0 Å². The number of nitrogens with zero attached hydrogens (tertiary/aromatic N) is 1. The highest BCUT2D eigenvalue weighted by atomic mass is 32.1. The SMILES string of the molecule is CCOC(=O)c1cc(-c2ccccc2)n(CCC(=O)NCc2cccs2)c1C. The molecule has 3 rings (SSSR count). The molecule has 5 nitrogen and oxygen atoms in total. The smallest absolute Gasteiger partial charge is 0.339 e. The van der Waals surface area contributed by atoms with Gasteiger partial charge in [0.1, 0.15) is 0 Å². The number of esters is 1. The lowest BCUT2D eigenvalue weighted by Crippen LogP contribution is -2.23. The van der Waals surface area contributed by atoms with E-state index in [-0.39, 0.29) is 11.9 Å². The first kappa shape index (κ1) is 19.9. The minimum absolute atomic E-state index is 0.0156. The molecule has 0 atom stereocenters. The Bertz CT molecular complexity index is 930. The average Bonchev–Trinajstić information content (AvgIpc) is 3.33. The van der Waals surface area contributed by atoms with Crippen LogP contribution in [0, 0.1) is 6.92 Å². The van der Waals surface area contributed by atoms with E-state index in [1.54, 1.807) is 18.3 Å². The molecule has 1 amide bonds. The third kappa shape index (κ3) is 4.70. The lowest BCUT2D eigenvalue weighted by molar-refractivity contribution is -0.121. The molecule has 28 heavy (non-hydrogen) atoms. The van der Waals surface area contributed by atoms with Crippen molar-refractivity contribution in [3.63, 3.8) is 0 Å². The maximum Gasteiger partial charge on any atom is 0.339 e. The molecule has 0 bridgehead atoms. The summed E-state index contributed by atoms with van der Waals surface area (Å²) in [4.78, 5) is 25.7. The minimum atomic E-state index is -0.335. The summed E-state index contributed by atoms with van der Waals surface area (Å²) in [7, 11) is 0. The van der Waals surface area contributed by atoms with Gasteiger partial charge >= 0.3 is 5.97 Å². The van der Waals surface area contributed by atoms with Gasteiger partial charge in [0.15, 0.2) is 0 Å². The van der Waals surface area contributed by atoms with E-state index in [1.807, 2.05) is 65.4 Å². The normalized spacial score (nSPS) is 10.6. The fraction of sp³-hybridized carbons (Fsp3) is 0.273. The standard InChI is InChI=1S/C22H24N2O3S/c1-3-27-22(26)19-14-20(17-8-5-4-6-9-17)24(16(19)2)12-11-21(25)23-15-18-10-7-13-28-18/h4-10,13-14H,3,11-12,15H2,1-2H3,(H,23,25). The Hall–Kier alpha value is -2.86. The Kier molecular flexibility index (Phi) is 6.66. The predicted octanol–water partition coefficient (Wildman–Crippen LogP) is 4.41. The van der Waals surface area contributed by atoms with Crippen LogP contribution in [-0.2, 0) is 22.6 Å². The van der Waals surface area contributed by atoms with Gasteiger partial charge in [0, 0.05) is 29.2 Å². The number of nitrogens with one attached hydrogen (secondary N) is 1. The number of carbonyl (C=O) groups excluding carboxylic acids is 2. The van der Waals surface area contributed by atoms with Crippen LogP contribution in [0.2, 0.25) is 0 Å². The average molecular weight is 397 g/mol. The van der Waals surface area contributed by atoms with Gasteiger partial charge in [-0.05, 0) is 36.9 Å². The largest absolute Gasteiger partial charge is 0.462 e. The van der Waals surface area contributed by atoms with Crippen LogP contribution in [0.25, 0.3) is 11.3 Å². The number of hydrogen-bond donors (Lipinski definition) is 1. The van der Waals surface area contributed by atoms with Crippen LogP contribution in [0.15, 0.2) is 53.9 Å². The lowest BCUT2D eigenvalue weighted by Gasteiger charge is -2.12. The summed E-state index contributed by atoms with van der Waals surface area (Å²) in [5, 5.41) is 4.94. The van der Waals surface area contributed by atoms with Gasteiger partial charge in [-0.3, -0.25) is 4.79 Å². The van der Waals surface area contributed by atoms with Crippen molar-refractivity contribution in [2.45, 2.75) is 33.4 Å². The summed E-state index contributed by atoms with van der Waals surface area (Å²) in [6.45, 7) is 5.05. The second kappa shape index (κ2) is 9.37.